The van der Waals surface area contributed by atoms with Crippen LogP contribution >= 0.6 is 23.2 Å². The van der Waals surface area contributed by atoms with E-state index in [0.717, 1.165) is 22.4 Å². The summed E-state index contributed by atoms with van der Waals surface area (Å²) in [6.45, 7) is 0. The van der Waals surface area contributed by atoms with Gasteiger partial charge < -0.3 is 0 Å². The van der Waals surface area contributed by atoms with Crippen molar-refractivity contribution in [2.75, 3.05) is 0 Å². The van der Waals surface area contributed by atoms with Gasteiger partial charge in [0.15, 0.2) is 4.33 Å². The van der Waals surface area contributed by atoms with E-state index in [1.807, 2.05) is 36.4 Å². The fraction of sp³-hybridized carbons (Fsp3) is 0.0833. The van der Waals surface area contributed by atoms with Crippen LogP contribution in [0.3, 0.4) is 0 Å². The summed E-state index contributed by atoms with van der Waals surface area (Å²) in [7, 11) is 0. The first kappa shape index (κ1) is 9.20. The Hall–Kier alpha value is -1.05. The minimum atomic E-state index is -0.958. The highest BCUT2D eigenvalue weighted by Crippen LogP contribution is 2.52. The number of rotatable bonds is 0. The first-order chi connectivity index (χ1) is 7.21. The summed E-state index contributed by atoms with van der Waals surface area (Å²) in [6.07, 6.45) is 1.75. The third-order valence-corrected chi connectivity index (χ3v) is 3.48. The predicted octanol–water partition coefficient (Wildman–Crippen LogP) is 3.74. The number of pyridine rings is 1. The second kappa shape index (κ2) is 2.97. The topological polar surface area (TPSA) is 12.9 Å². The minimum Gasteiger partial charge on any atom is -0.256 e. The Labute approximate surface area is 97.7 Å². The normalized spacial score (nSPS) is 15.9. The molecule has 0 atom stereocenters. The molecule has 3 heteroatoms. The summed E-state index contributed by atoms with van der Waals surface area (Å²) in [6, 6.07) is 11.6. The van der Waals surface area contributed by atoms with Crippen molar-refractivity contribution in [2.24, 2.45) is 0 Å². The van der Waals surface area contributed by atoms with Crippen molar-refractivity contribution in [3.8, 4) is 11.3 Å². The standard InChI is InChI=1S/C12H7Cl2N/c13-12(14)9-5-2-1-4-8(9)11-10(12)6-3-7-15-11/h1-7H. The molecule has 0 saturated heterocycles. The Kier molecular flexibility index (Phi) is 1.82. The molecule has 15 heavy (non-hydrogen) atoms. The molecule has 0 N–H and O–H groups in total. The molecule has 3 rings (SSSR count). The number of nitrogens with zero attached hydrogens (tertiary/aromatic N) is 1. The van der Waals surface area contributed by atoms with Crippen molar-refractivity contribution in [1.29, 1.82) is 0 Å². The zero-order valence-electron chi connectivity index (χ0n) is 7.74. The fourth-order valence-electron chi connectivity index (χ4n) is 1.98. The number of fused-ring (bicyclic) bond motifs is 3. The van der Waals surface area contributed by atoms with Crippen molar-refractivity contribution < 1.29 is 0 Å². The Bertz CT molecular complexity index is 487. The number of halogens is 2. The van der Waals surface area contributed by atoms with E-state index < -0.39 is 4.33 Å². The van der Waals surface area contributed by atoms with E-state index in [2.05, 4.69) is 4.98 Å². The van der Waals surface area contributed by atoms with Crippen LogP contribution < -0.4 is 0 Å². The lowest BCUT2D eigenvalue weighted by Crippen LogP contribution is -2.07. The number of hydrogen-bond acceptors (Lipinski definition) is 1. The highest BCUT2D eigenvalue weighted by Gasteiger charge is 2.40. The van der Waals surface area contributed by atoms with Gasteiger partial charge in [-0.1, -0.05) is 53.5 Å². The summed E-state index contributed by atoms with van der Waals surface area (Å²) >= 11 is 12.7. The van der Waals surface area contributed by atoms with Gasteiger partial charge in [-0.05, 0) is 6.07 Å². The van der Waals surface area contributed by atoms with E-state index in [1.165, 1.54) is 0 Å². The van der Waals surface area contributed by atoms with Crippen molar-refractivity contribution in [1.82, 2.24) is 4.98 Å². The van der Waals surface area contributed by atoms with Crippen LogP contribution in [0.1, 0.15) is 11.1 Å². The van der Waals surface area contributed by atoms with Crippen LogP contribution in [0.25, 0.3) is 11.3 Å². The average molecular weight is 236 g/mol. The molecule has 2 aromatic rings. The van der Waals surface area contributed by atoms with Crippen LogP contribution in [0.5, 0.6) is 0 Å². The number of alkyl halides is 2. The number of benzene rings is 1. The Morgan fingerprint density at radius 2 is 1.67 bits per heavy atom. The van der Waals surface area contributed by atoms with Gasteiger partial charge in [-0.3, -0.25) is 4.98 Å². The molecule has 0 unspecified atom stereocenters. The van der Waals surface area contributed by atoms with Crippen molar-refractivity contribution in [3.63, 3.8) is 0 Å². The highest BCUT2D eigenvalue weighted by atomic mass is 35.5. The molecule has 1 heterocycles. The Morgan fingerprint density at radius 1 is 0.933 bits per heavy atom. The molecule has 1 nitrogen and oxygen atoms in total. The number of aromatic nitrogens is 1. The van der Waals surface area contributed by atoms with Gasteiger partial charge in [0.05, 0.1) is 5.69 Å². The van der Waals surface area contributed by atoms with Crippen molar-refractivity contribution in [3.05, 3.63) is 53.7 Å². The largest absolute Gasteiger partial charge is 0.256 e. The maximum atomic E-state index is 6.35. The van der Waals surface area contributed by atoms with E-state index in [9.17, 15) is 0 Å². The first-order valence-electron chi connectivity index (χ1n) is 4.64. The molecule has 0 spiro atoms. The lowest BCUT2D eigenvalue weighted by molar-refractivity contribution is 1.08. The molecule has 1 aliphatic rings. The molecule has 0 fully saturated rings. The monoisotopic (exact) mass is 235 g/mol. The van der Waals surface area contributed by atoms with Crippen LogP contribution in [-0.2, 0) is 4.33 Å². The summed E-state index contributed by atoms with van der Waals surface area (Å²) in [5.41, 5.74) is 3.70. The summed E-state index contributed by atoms with van der Waals surface area (Å²) in [4.78, 5) is 4.33. The summed E-state index contributed by atoms with van der Waals surface area (Å²) in [5.74, 6) is 0. The van der Waals surface area contributed by atoms with Crippen LogP contribution in [0.2, 0.25) is 0 Å². The van der Waals surface area contributed by atoms with Gasteiger partial charge >= 0.3 is 0 Å². The lowest BCUT2D eigenvalue weighted by atomic mass is 10.1. The van der Waals surface area contributed by atoms with E-state index in [4.69, 9.17) is 23.2 Å². The average Bonchev–Trinajstić information content (AvgIpc) is 2.51. The van der Waals surface area contributed by atoms with Crippen LogP contribution in [0.15, 0.2) is 42.6 Å². The molecule has 0 saturated carbocycles. The van der Waals surface area contributed by atoms with Crippen molar-refractivity contribution in [2.45, 2.75) is 4.33 Å². The van der Waals surface area contributed by atoms with Gasteiger partial charge in [-0.15, -0.1) is 0 Å². The molecule has 0 aliphatic heterocycles. The summed E-state index contributed by atoms with van der Waals surface area (Å²) < 4.78 is -0.958. The zero-order chi connectivity index (χ0) is 10.5. The molecule has 1 aromatic carbocycles. The van der Waals surface area contributed by atoms with Gasteiger partial charge in [-0.2, -0.15) is 0 Å². The van der Waals surface area contributed by atoms with E-state index in [0.29, 0.717) is 0 Å². The quantitative estimate of drug-likeness (QED) is 0.635. The second-order valence-electron chi connectivity index (χ2n) is 3.52. The SMILES string of the molecule is ClC1(Cl)c2ccccc2-c2ncccc21. The van der Waals surface area contributed by atoms with Gasteiger partial charge in [0.1, 0.15) is 0 Å². The molecule has 0 bridgehead atoms. The molecule has 0 radical (unpaired) electrons. The Balaban J connectivity index is 2.42. The molecule has 74 valence electrons. The molecule has 1 aliphatic carbocycles. The van der Waals surface area contributed by atoms with E-state index in [1.54, 1.807) is 6.20 Å². The zero-order valence-corrected chi connectivity index (χ0v) is 9.26. The third-order valence-electron chi connectivity index (χ3n) is 2.67. The second-order valence-corrected chi connectivity index (χ2v) is 4.85. The van der Waals surface area contributed by atoms with Gasteiger partial charge in [-0.25, -0.2) is 0 Å². The third kappa shape index (κ3) is 1.14. The van der Waals surface area contributed by atoms with Crippen LogP contribution in [0, 0.1) is 0 Å². The maximum Gasteiger partial charge on any atom is 0.170 e. The summed E-state index contributed by atoms with van der Waals surface area (Å²) in [5, 5.41) is 0. The predicted molar refractivity (Wildman–Crippen MR) is 62.2 cm³/mol. The van der Waals surface area contributed by atoms with E-state index in [-0.39, 0.29) is 0 Å². The van der Waals surface area contributed by atoms with Gasteiger partial charge in [0, 0.05) is 22.9 Å². The number of hydrogen-bond donors (Lipinski definition) is 0. The molecular formula is C12H7Cl2N. The van der Waals surface area contributed by atoms with Gasteiger partial charge in [0.25, 0.3) is 0 Å². The Morgan fingerprint density at radius 3 is 2.53 bits per heavy atom. The molecular weight excluding hydrogens is 229 g/mol. The lowest BCUT2D eigenvalue weighted by Gasteiger charge is -2.14. The van der Waals surface area contributed by atoms with Crippen LogP contribution in [0.4, 0.5) is 0 Å². The van der Waals surface area contributed by atoms with Crippen LogP contribution in [-0.4, -0.2) is 4.98 Å². The highest BCUT2D eigenvalue weighted by molar-refractivity contribution is 6.51. The van der Waals surface area contributed by atoms with Crippen molar-refractivity contribution >= 4 is 23.2 Å². The maximum absolute atomic E-state index is 6.35. The molecule has 1 aromatic heterocycles. The minimum absolute atomic E-state index is 0.870. The van der Waals surface area contributed by atoms with Gasteiger partial charge in [0.2, 0.25) is 0 Å². The smallest absolute Gasteiger partial charge is 0.170 e. The molecule has 0 amide bonds. The van der Waals surface area contributed by atoms with E-state index >= 15 is 0 Å². The fourth-order valence-corrected chi connectivity index (χ4v) is 2.62. The first-order valence-corrected chi connectivity index (χ1v) is 5.40.